The van der Waals surface area contributed by atoms with Crippen molar-refractivity contribution in [2.45, 2.75) is 13.8 Å². The molecule has 0 aromatic heterocycles. The number of anilines is 2. The second kappa shape index (κ2) is 7.81. The molecule has 0 saturated carbocycles. The molecule has 3 N–H and O–H groups in total. The van der Waals surface area contributed by atoms with Crippen molar-refractivity contribution >= 4 is 40.7 Å². The highest BCUT2D eigenvalue weighted by molar-refractivity contribution is 6.34. The predicted octanol–water partition coefficient (Wildman–Crippen LogP) is 3.22. The van der Waals surface area contributed by atoms with E-state index in [4.69, 9.17) is 11.6 Å². The number of carbonyl (C=O) groups is 3. The number of rotatable bonds is 4. The van der Waals surface area contributed by atoms with Gasteiger partial charge in [-0.2, -0.15) is 0 Å². The minimum absolute atomic E-state index is 0.212. The summed E-state index contributed by atoms with van der Waals surface area (Å²) in [7, 11) is 1.55. The third-order valence-corrected chi connectivity index (χ3v) is 3.90. The summed E-state index contributed by atoms with van der Waals surface area (Å²) in [6, 6.07) is 9.70. The van der Waals surface area contributed by atoms with E-state index < -0.39 is 5.91 Å². The molecule has 0 radical (unpaired) electrons. The first-order valence-electron chi connectivity index (χ1n) is 7.53. The Kier molecular flexibility index (Phi) is 5.77. The Hall–Kier alpha value is -2.86. The molecule has 0 spiro atoms. The van der Waals surface area contributed by atoms with Gasteiger partial charge in [-0.1, -0.05) is 17.7 Å². The Morgan fingerprint density at radius 3 is 2.28 bits per heavy atom. The van der Waals surface area contributed by atoms with E-state index >= 15 is 0 Å². The Bertz CT molecular complexity index is 849. The fraction of sp³-hybridized carbons (Fsp3) is 0.167. The highest BCUT2D eigenvalue weighted by Crippen LogP contribution is 2.24. The van der Waals surface area contributed by atoms with E-state index in [1.807, 2.05) is 0 Å². The summed E-state index contributed by atoms with van der Waals surface area (Å²) < 4.78 is 0. The first-order chi connectivity index (χ1) is 11.8. The number of carbonyl (C=O) groups excluding carboxylic acids is 3. The standard InChI is InChI=1S/C18H18ClN3O3/c1-10-13(17(24)20-3)5-4-6-16(10)22-18(25)14-8-7-12(9-15(14)19)21-11(2)23/h4-9H,1-3H3,(H,20,24)(H,21,23)(H,22,25). The van der Waals surface area contributed by atoms with E-state index in [0.29, 0.717) is 22.5 Å². The number of hydrogen-bond acceptors (Lipinski definition) is 3. The van der Waals surface area contributed by atoms with Gasteiger partial charge in [-0.25, -0.2) is 0 Å². The van der Waals surface area contributed by atoms with E-state index in [0.717, 1.165) is 0 Å². The minimum atomic E-state index is -0.406. The average molecular weight is 360 g/mol. The summed E-state index contributed by atoms with van der Waals surface area (Å²) in [5.41, 5.74) is 2.43. The molecule has 0 aliphatic carbocycles. The molecule has 0 unspecified atom stereocenters. The highest BCUT2D eigenvalue weighted by atomic mass is 35.5. The van der Waals surface area contributed by atoms with Gasteiger partial charge in [0.1, 0.15) is 0 Å². The van der Waals surface area contributed by atoms with Crippen molar-refractivity contribution in [1.82, 2.24) is 5.32 Å². The number of halogens is 1. The van der Waals surface area contributed by atoms with Gasteiger partial charge in [-0.3, -0.25) is 14.4 Å². The van der Waals surface area contributed by atoms with Crippen molar-refractivity contribution in [3.8, 4) is 0 Å². The second-order valence-electron chi connectivity index (χ2n) is 5.39. The largest absolute Gasteiger partial charge is 0.355 e. The fourth-order valence-electron chi connectivity index (χ4n) is 2.32. The molecule has 2 aromatic carbocycles. The van der Waals surface area contributed by atoms with Gasteiger partial charge in [-0.15, -0.1) is 0 Å². The van der Waals surface area contributed by atoms with E-state index in [1.165, 1.54) is 19.1 Å². The van der Waals surface area contributed by atoms with Gasteiger partial charge >= 0.3 is 0 Å². The molecule has 0 bridgehead atoms. The predicted molar refractivity (Wildman–Crippen MR) is 98.3 cm³/mol. The number of amides is 3. The maximum atomic E-state index is 12.5. The summed E-state index contributed by atoms with van der Waals surface area (Å²) in [5, 5.41) is 8.12. The zero-order valence-corrected chi connectivity index (χ0v) is 14.8. The van der Waals surface area contributed by atoms with Crippen LogP contribution in [0.3, 0.4) is 0 Å². The van der Waals surface area contributed by atoms with Crippen LogP contribution in [0.15, 0.2) is 36.4 Å². The van der Waals surface area contributed by atoms with Gasteiger partial charge in [0.2, 0.25) is 5.91 Å². The first kappa shape index (κ1) is 18.5. The molecule has 7 heteroatoms. The Morgan fingerprint density at radius 2 is 1.68 bits per heavy atom. The van der Waals surface area contributed by atoms with Gasteiger partial charge in [0.25, 0.3) is 11.8 Å². The zero-order chi connectivity index (χ0) is 18.6. The highest BCUT2D eigenvalue weighted by Gasteiger charge is 2.15. The van der Waals surface area contributed by atoms with Crippen LogP contribution in [-0.4, -0.2) is 24.8 Å². The topological polar surface area (TPSA) is 87.3 Å². The third-order valence-electron chi connectivity index (χ3n) is 3.59. The summed E-state index contributed by atoms with van der Waals surface area (Å²) in [5.74, 6) is -0.863. The lowest BCUT2D eigenvalue weighted by Crippen LogP contribution is -2.20. The zero-order valence-electron chi connectivity index (χ0n) is 14.1. The van der Waals surface area contributed by atoms with Crippen molar-refractivity contribution < 1.29 is 14.4 Å². The van der Waals surface area contributed by atoms with Crippen LogP contribution in [0.2, 0.25) is 5.02 Å². The third kappa shape index (κ3) is 4.36. The van der Waals surface area contributed by atoms with Crippen LogP contribution in [0.5, 0.6) is 0 Å². The van der Waals surface area contributed by atoms with Crippen molar-refractivity contribution in [3.05, 3.63) is 58.1 Å². The van der Waals surface area contributed by atoms with Crippen LogP contribution in [0.4, 0.5) is 11.4 Å². The number of nitrogens with one attached hydrogen (secondary N) is 3. The van der Waals surface area contributed by atoms with Crippen LogP contribution >= 0.6 is 11.6 Å². The van der Waals surface area contributed by atoms with Gasteiger partial charge in [0, 0.05) is 30.9 Å². The van der Waals surface area contributed by atoms with Crippen LogP contribution in [-0.2, 0) is 4.79 Å². The fourth-order valence-corrected chi connectivity index (χ4v) is 2.59. The monoisotopic (exact) mass is 359 g/mol. The molecule has 3 amide bonds. The van der Waals surface area contributed by atoms with Gasteiger partial charge in [-0.05, 0) is 42.8 Å². The Labute approximate surface area is 150 Å². The average Bonchev–Trinajstić information content (AvgIpc) is 2.55. The summed E-state index contributed by atoms with van der Waals surface area (Å²) in [4.78, 5) is 35.4. The van der Waals surface area contributed by atoms with Crippen molar-refractivity contribution in [2.24, 2.45) is 0 Å². The van der Waals surface area contributed by atoms with Crippen LogP contribution in [0.25, 0.3) is 0 Å². The van der Waals surface area contributed by atoms with Crippen LogP contribution < -0.4 is 16.0 Å². The van der Waals surface area contributed by atoms with Crippen LogP contribution in [0, 0.1) is 6.92 Å². The van der Waals surface area contributed by atoms with Crippen molar-refractivity contribution in [2.75, 3.05) is 17.7 Å². The lowest BCUT2D eigenvalue weighted by molar-refractivity contribution is -0.114. The molecule has 6 nitrogen and oxygen atoms in total. The molecule has 0 aliphatic rings. The maximum absolute atomic E-state index is 12.5. The van der Waals surface area contributed by atoms with Gasteiger partial charge in [0.15, 0.2) is 0 Å². The normalized spacial score (nSPS) is 10.1. The molecule has 0 fully saturated rings. The molecule has 2 rings (SSSR count). The van der Waals surface area contributed by atoms with Gasteiger partial charge in [0.05, 0.1) is 10.6 Å². The van der Waals surface area contributed by atoms with Gasteiger partial charge < -0.3 is 16.0 Å². The van der Waals surface area contributed by atoms with E-state index in [1.54, 1.807) is 38.2 Å². The summed E-state index contributed by atoms with van der Waals surface area (Å²) in [6.45, 7) is 3.14. The lowest BCUT2D eigenvalue weighted by Gasteiger charge is -2.13. The number of benzene rings is 2. The smallest absolute Gasteiger partial charge is 0.257 e. The van der Waals surface area contributed by atoms with E-state index in [-0.39, 0.29) is 22.4 Å². The van der Waals surface area contributed by atoms with Crippen LogP contribution in [0.1, 0.15) is 33.2 Å². The van der Waals surface area contributed by atoms with Crippen molar-refractivity contribution in [1.29, 1.82) is 0 Å². The lowest BCUT2D eigenvalue weighted by atomic mass is 10.1. The Balaban J connectivity index is 2.26. The first-order valence-corrected chi connectivity index (χ1v) is 7.91. The second-order valence-corrected chi connectivity index (χ2v) is 5.79. The summed E-state index contributed by atoms with van der Waals surface area (Å²) >= 11 is 6.14. The molecule has 0 aliphatic heterocycles. The SMILES string of the molecule is CNC(=O)c1cccc(NC(=O)c2ccc(NC(C)=O)cc2Cl)c1C. The molecule has 0 heterocycles. The van der Waals surface area contributed by atoms with E-state index in [2.05, 4.69) is 16.0 Å². The molecular formula is C18H18ClN3O3. The van der Waals surface area contributed by atoms with Crippen molar-refractivity contribution in [3.63, 3.8) is 0 Å². The molecule has 2 aromatic rings. The molecule has 25 heavy (non-hydrogen) atoms. The molecule has 130 valence electrons. The summed E-state index contributed by atoms with van der Waals surface area (Å²) in [6.07, 6.45) is 0. The molecular weight excluding hydrogens is 342 g/mol. The quantitative estimate of drug-likeness (QED) is 0.783. The molecule has 0 atom stereocenters. The Morgan fingerprint density at radius 1 is 0.960 bits per heavy atom. The minimum Gasteiger partial charge on any atom is -0.355 e. The number of hydrogen-bond donors (Lipinski definition) is 3. The molecule has 0 saturated heterocycles. The van der Waals surface area contributed by atoms with E-state index in [9.17, 15) is 14.4 Å². The maximum Gasteiger partial charge on any atom is 0.257 e.